The van der Waals surface area contributed by atoms with Crippen LogP contribution < -0.4 is 16.0 Å². The quantitative estimate of drug-likeness (QED) is 0.381. The Hall–Kier alpha value is -4.83. The van der Waals surface area contributed by atoms with Crippen molar-refractivity contribution in [3.05, 3.63) is 116 Å². The largest absolute Gasteiger partial charge is 0.477 e. The highest BCUT2D eigenvalue weighted by atomic mass is 16.5. The highest BCUT2D eigenvalue weighted by Gasteiger charge is 2.36. The third kappa shape index (κ3) is 2.91. The Labute approximate surface area is 206 Å². The van der Waals surface area contributed by atoms with Gasteiger partial charge in [0.2, 0.25) is 0 Å². The van der Waals surface area contributed by atoms with Crippen molar-refractivity contribution in [3.63, 3.8) is 0 Å². The van der Waals surface area contributed by atoms with Crippen LogP contribution in [0.5, 0.6) is 5.75 Å². The summed E-state index contributed by atoms with van der Waals surface area (Å²) < 4.78 is 11.3. The number of nitrogens with zero attached hydrogens (tertiary/aromatic N) is 4. The summed E-state index contributed by atoms with van der Waals surface area (Å²) in [4.78, 5) is 26.8. The van der Waals surface area contributed by atoms with E-state index in [1.54, 1.807) is 19.2 Å². The smallest absolute Gasteiger partial charge is 0.331 e. The van der Waals surface area contributed by atoms with Gasteiger partial charge in [-0.25, -0.2) is 4.79 Å². The van der Waals surface area contributed by atoms with Crippen LogP contribution in [0.2, 0.25) is 0 Å². The molecule has 36 heavy (non-hydrogen) atoms. The molecule has 0 spiro atoms. The van der Waals surface area contributed by atoms with Crippen molar-refractivity contribution >= 4 is 10.9 Å². The topological polar surface area (TPSA) is 81.9 Å². The van der Waals surface area contributed by atoms with Gasteiger partial charge in [0, 0.05) is 19.7 Å². The lowest BCUT2D eigenvalue weighted by Gasteiger charge is -2.30. The number of hydrogen-bond donors (Lipinski definition) is 0. The Morgan fingerprint density at radius 2 is 1.58 bits per heavy atom. The number of aromatic nitrogens is 3. The van der Waals surface area contributed by atoms with E-state index in [-0.39, 0.29) is 5.56 Å². The van der Waals surface area contributed by atoms with E-state index in [0.717, 1.165) is 32.6 Å². The lowest BCUT2D eigenvalue weighted by atomic mass is 10.0. The predicted molar refractivity (Wildman–Crippen MR) is 138 cm³/mol. The molecule has 0 radical (unpaired) electrons. The molecule has 1 aliphatic rings. The van der Waals surface area contributed by atoms with Crippen LogP contribution >= 0.6 is 0 Å². The van der Waals surface area contributed by atoms with Crippen molar-refractivity contribution in [2.75, 3.05) is 0 Å². The number of hydrogen-bond acceptors (Lipinski definition) is 4. The molecule has 0 N–H and O–H groups in total. The van der Waals surface area contributed by atoms with Crippen LogP contribution in [0.4, 0.5) is 0 Å². The van der Waals surface area contributed by atoms with Crippen molar-refractivity contribution < 1.29 is 4.74 Å². The SMILES string of the molecule is Cc1ccccc1-c1c2c(=O)n(C)c(=O)n(C)c2c2n1-c1ccccc1O[C@H]2c1ccc(C#N)cc1. The molecular weight excluding hydrogens is 452 g/mol. The second-order valence-electron chi connectivity index (χ2n) is 9.01. The fourth-order valence-electron chi connectivity index (χ4n) is 5.16. The molecule has 0 saturated heterocycles. The van der Waals surface area contributed by atoms with E-state index in [1.165, 1.54) is 11.6 Å². The third-order valence-corrected chi connectivity index (χ3v) is 6.95. The van der Waals surface area contributed by atoms with Gasteiger partial charge in [0.1, 0.15) is 5.75 Å². The summed E-state index contributed by atoms with van der Waals surface area (Å²) in [6, 6.07) is 25.0. The van der Waals surface area contributed by atoms with Gasteiger partial charge in [-0.05, 0) is 42.3 Å². The minimum absolute atomic E-state index is 0.357. The van der Waals surface area contributed by atoms with E-state index in [4.69, 9.17) is 4.74 Å². The lowest BCUT2D eigenvalue weighted by molar-refractivity contribution is 0.229. The average molecular weight is 475 g/mol. The van der Waals surface area contributed by atoms with Gasteiger partial charge in [-0.15, -0.1) is 0 Å². The van der Waals surface area contributed by atoms with E-state index >= 15 is 0 Å². The van der Waals surface area contributed by atoms with Crippen molar-refractivity contribution in [1.29, 1.82) is 5.26 Å². The maximum absolute atomic E-state index is 13.7. The third-order valence-electron chi connectivity index (χ3n) is 6.95. The Balaban J connectivity index is 1.85. The first-order chi connectivity index (χ1) is 17.4. The summed E-state index contributed by atoms with van der Waals surface area (Å²) in [6.45, 7) is 2.01. The molecule has 3 heterocycles. The predicted octanol–water partition coefficient (Wildman–Crippen LogP) is 4.36. The molecule has 0 aliphatic carbocycles. The highest BCUT2D eigenvalue weighted by Crippen LogP contribution is 2.46. The minimum atomic E-state index is -0.606. The first-order valence-electron chi connectivity index (χ1n) is 11.6. The highest BCUT2D eigenvalue weighted by molar-refractivity contribution is 5.98. The zero-order valence-corrected chi connectivity index (χ0v) is 20.0. The monoisotopic (exact) mass is 474 g/mol. The summed E-state index contributed by atoms with van der Waals surface area (Å²) in [5.41, 5.74) is 5.25. The Morgan fingerprint density at radius 1 is 0.889 bits per heavy atom. The molecule has 7 nitrogen and oxygen atoms in total. The van der Waals surface area contributed by atoms with Crippen LogP contribution in [0.25, 0.3) is 27.8 Å². The van der Waals surface area contributed by atoms with Crippen LogP contribution in [0.3, 0.4) is 0 Å². The van der Waals surface area contributed by atoms with Gasteiger partial charge in [-0.3, -0.25) is 13.9 Å². The molecule has 5 aromatic rings. The summed E-state index contributed by atoms with van der Waals surface area (Å²) in [6.07, 6.45) is -0.606. The van der Waals surface area contributed by atoms with Crippen molar-refractivity contribution in [2.45, 2.75) is 13.0 Å². The summed E-state index contributed by atoms with van der Waals surface area (Å²) in [5.74, 6) is 0.663. The number of para-hydroxylation sites is 2. The minimum Gasteiger partial charge on any atom is -0.477 e. The molecule has 176 valence electrons. The maximum atomic E-state index is 13.7. The summed E-state index contributed by atoms with van der Waals surface area (Å²) >= 11 is 0. The maximum Gasteiger partial charge on any atom is 0.331 e. The van der Waals surface area contributed by atoms with Gasteiger partial charge in [0.25, 0.3) is 5.56 Å². The lowest BCUT2D eigenvalue weighted by Crippen LogP contribution is -2.37. The van der Waals surface area contributed by atoms with Gasteiger partial charge in [0.05, 0.1) is 39.6 Å². The normalized spacial score (nSPS) is 14.1. The molecule has 0 amide bonds. The second-order valence-corrected chi connectivity index (χ2v) is 9.01. The molecule has 0 fully saturated rings. The number of rotatable bonds is 2. The standard InChI is InChI=1S/C29H22N4O3/c1-17-8-4-5-9-20(17)24-23-25(31(2)29(35)32(3)28(23)34)26-27(19-14-12-18(16-30)13-15-19)36-22-11-7-6-10-21(22)33(24)26/h4-15,27H,1-3H3/t27-/m0/s1. The van der Waals surface area contributed by atoms with Crippen LogP contribution in [0.1, 0.15) is 28.5 Å². The zero-order chi connectivity index (χ0) is 25.1. The molecular formula is C29H22N4O3. The number of aryl methyl sites for hydroxylation is 2. The van der Waals surface area contributed by atoms with Gasteiger partial charge >= 0.3 is 5.69 Å². The molecule has 1 aliphatic heterocycles. The van der Waals surface area contributed by atoms with E-state index < -0.39 is 11.8 Å². The molecule has 3 aromatic carbocycles. The number of fused-ring (bicyclic) bond motifs is 5. The molecule has 2 aromatic heterocycles. The van der Waals surface area contributed by atoms with Crippen molar-refractivity contribution in [3.8, 4) is 28.8 Å². The van der Waals surface area contributed by atoms with Crippen molar-refractivity contribution in [1.82, 2.24) is 13.7 Å². The number of ether oxygens (including phenoxy) is 1. The molecule has 0 bridgehead atoms. The van der Waals surface area contributed by atoms with E-state index in [1.807, 2.05) is 67.6 Å². The first-order valence-corrected chi connectivity index (χ1v) is 11.6. The van der Waals surface area contributed by atoms with Crippen LogP contribution in [0, 0.1) is 18.3 Å². The summed E-state index contributed by atoms with van der Waals surface area (Å²) in [5, 5.41) is 9.75. The average Bonchev–Trinajstić information content (AvgIpc) is 3.27. The number of nitriles is 1. The van der Waals surface area contributed by atoms with E-state index in [0.29, 0.717) is 27.9 Å². The fraction of sp³-hybridized carbons (Fsp3) is 0.138. The molecule has 7 heteroatoms. The van der Waals surface area contributed by atoms with Gasteiger partial charge in [0.15, 0.2) is 6.10 Å². The van der Waals surface area contributed by atoms with E-state index in [9.17, 15) is 14.9 Å². The van der Waals surface area contributed by atoms with Gasteiger partial charge in [-0.1, -0.05) is 48.5 Å². The Bertz CT molecular complexity index is 1850. The molecule has 0 unspecified atom stereocenters. The van der Waals surface area contributed by atoms with E-state index in [2.05, 4.69) is 10.6 Å². The van der Waals surface area contributed by atoms with Gasteiger partial charge < -0.3 is 9.30 Å². The molecule has 6 rings (SSSR count). The zero-order valence-electron chi connectivity index (χ0n) is 20.0. The first kappa shape index (κ1) is 21.7. The van der Waals surface area contributed by atoms with Crippen LogP contribution in [0.15, 0.2) is 82.4 Å². The molecule has 0 saturated carbocycles. The summed E-state index contributed by atoms with van der Waals surface area (Å²) in [7, 11) is 3.19. The van der Waals surface area contributed by atoms with Gasteiger partial charge in [-0.2, -0.15) is 5.26 Å². The Morgan fingerprint density at radius 3 is 2.31 bits per heavy atom. The van der Waals surface area contributed by atoms with Crippen LogP contribution in [-0.2, 0) is 14.1 Å². The second kappa shape index (κ2) is 7.85. The van der Waals surface area contributed by atoms with Crippen LogP contribution in [-0.4, -0.2) is 13.7 Å². The fourth-order valence-corrected chi connectivity index (χ4v) is 5.16. The molecule has 1 atom stereocenters. The Kier molecular flexibility index (Phi) is 4.73. The van der Waals surface area contributed by atoms with Crippen molar-refractivity contribution in [2.24, 2.45) is 14.1 Å². The number of benzene rings is 3.